The van der Waals surface area contributed by atoms with E-state index in [0.29, 0.717) is 16.9 Å². The summed E-state index contributed by atoms with van der Waals surface area (Å²) in [6.07, 6.45) is 1.40. The van der Waals surface area contributed by atoms with E-state index in [1.807, 2.05) is 0 Å². The molecular formula is C15H9NO4. The van der Waals surface area contributed by atoms with E-state index in [2.05, 4.69) is 0 Å². The lowest BCUT2D eigenvalue weighted by molar-refractivity contribution is -0.385. The van der Waals surface area contributed by atoms with Crippen LogP contribution in [0, 0.1) is 10.1 Å². The molecule has 0 aliphatic carbocycles. The van der Waals surface area contributed by atoms with Crippen molar-refractivity contribution < 1.29 is 14.5 Å². The van der Waals surface area contributed by atoms with Gasteiger partial charge >= 0.3 is 0 Å². The van der Waals surface area contributed by atoms with Gasteiger partial charge in [0, 0.05) is 6.07 Å². The van der Waals surface area contributed by atoms with Crippen molar-refractivity contribution in [3.05, 3.63) is 75.5 Å². The fraction of sp³-hybridized carbons (Fsp3) is 0. The number of para-hydroxylation sites is 2. The maximum absolute atomic E-state index is 12.1. The molecule has 0 radical (unpaired) electrons. The highest BCUT2D eigenvalue weighted by Gasteiger charge is 2.27. The van der Waals surface area contributed by atoms with Crippen molar-refractivity contribution in [3.63, 3.8) is 0 Å². The largest absolute Gasteiger partial charge is 0.452 e. The average Bonchev–Trinajstić information content (AvgIpc) is 2.76. The second-order valence-electron chi connectivity index (χ2n) is 4.25. The molecule has 0 amide bonds. The highest BCUT2D eigenvalue weighted by Crippen LogP contribution is 2.32. The van der Waals surface area contributed by atoms with Crippen LogP contribution in [0.2, 0.25) is 0 Å². The normalized spacial score (nSPS) is 15.0. The summed E-state index contributed by atoms with van der Waals surface area (Å²) < 4.78 is 5.45. The van der Waals surface area contributed by atoms with Gasteiger partial charge in [-0.25, -0.2) is 0 Å². The van der Waals surface area contributed by atoms with Gasteiger partial charge in [-0.2, -0.15) is 0 Å². The van der Waals surface area contributed by atoms with Crippen LogP contribution in [-0.4, -0.2) is 10.7 Å². The molecule has 20 heavy (non-hydrogen) atoms. The van der Waals surface area contributed by atoms with E-state index in [-0.39, 0.29) is 17.2 Å². The molecule has 0 atom stereocenters. The minimum atomic E-state index is -0.487. The van der Waals surface area contributed by atoms with E-state index in [1.165, 1.54) is 12.1 Å². The molecule has 1 aliphatic heterocycles. The summed E-state index contributed by atoms with van der Waals surface area (Å²) in [4.78, 5) is 22.6. The van der Waals surface area contributed by atoms with Gasteiger partial charge < -0.3 is 4.74 Å². The molecule has 1 aliphatic rings. The number of hydrogen-bond donors (Lipinski definition) is 0. The van der Waals surface area contributed by atoms with Crippen molar-refractivity contribution in [2.75, 3.05) is 0 Å². The number of rotatable bonds is 2. The number of nitro groups is 1. The fourth-order valence-electron chi connectivity index (χ4n) is 2.05. The SMILES string of the molecule is O=C1C(=Cc2ccccc2[N+](=O)[O-])Oc2ccccc21. The Bertz CT molecular complexity index is 749. The molecule has 0 saturated heterocycles. The van der Waals surface area contributed by atoms with Crippen LogP contribution in [0.5, 0.6) is 5.75 Å². The molecule has 2 aromatic rings. The molecule has 0 fully saturated rings. The van der Waals surface area contributed by atoms with E-state index in [9.17, 15) is 14.9 Å². The summed E-state index contributed by atoms with van der Waals surface area (Å²) in [6, 6.07) is 13.1. The maximum atomic E-state index is 12.1. The van der Waals surface area contributed by atoms with E-state index in [1.54, 1.807) is 42.5 Å². The van der Waals surface area contributed by atoms with Gasteiger partial charge in [0.2, 0.25) is 5.78 Å². The van der Waals surface area contributed by atoms with Crippen LogP contribution in [0.1, 0.15) is 15.9 Å². The highest BCUT2D eigenvalue weighted by atomic mass is 16.6. The molecule has 5 heteroatoms. The van der Waals surface area contributed by atoms with Crippen molar-refractivity contribution in [3.8, 4) is 5.75 Å². The number of carbonyl (C=O) groups is 1. The van der Waals surface area contributed by atoms with E-state index in [4.69, 9.17) is 4.74 Å². The smallest absolute Gasteiger partial charge is 0.276 e. The number of nitrogens with zero attached hydrogens (tertiary/aromatic N) is 1. The quantitative estimate of drug-likeness (QED) is 0.476. The van der Waals surface area contributed by atoms with Crippen LogP contribution in [-0.2, 0) is 0 Å². The Kier molecular flexibility index (Phi) is 2.80. The zero-order valence-electron chi connectivity index (χ0n) is 10.3. The summed E-state index contributed by atoms with van der Waals surface area (Å²) in [5.41, 5.74) is 0.748. The van der Waals surface area contributed by atoms with Crippen molar-refractivity contribution in [2.45, 2.75) is 0 Å². The monoisotopic (exact) mass is 267 g/mol. The second-order valence-corrected chi connectivity index (χ2v) is 4.25. The number of benzene rings is 2. The van der Waals surface area contributed by atoms with Crippen molar-refractivity contribution >= 4 is 17.5 Å². The van der Waals surface area contributed by atoms with E-state index in [0.717, 1.165) is 0 Å². The first-order valence-corrected chi connectivity index (χ1v) is 5.93. The summed E-state index contributed by atoms with van der Waals surface area (Å²) in [6.45, 7) is 0. The Balaban J connectivity index is 2.04. The third-order valence-electron chi connectivity index (χ3n) is 3.00. The van der Waals surface area contributed by atoms with Crippen LogP contribution >= 0.6 is 0 Å². The van der Waals surface area contributed by atoms with Crippen LogP contribution in [0.15, 0.2) is 54.3 Å². The van der Waals surface area contributed by atoms with Gasteiger partial charge in [0.05, 0.1) is 16.1 Å². The average molecular weight is 267 g/mol. The van der Waals surface area contributed by atoms with Crippen molar-refractivity contribution in [1.29, 1.82) is 0 Å². The minimum Gasteiger partial charge on any atom is -0.452 e. The lowest BCUT2D eigenvalue weighted by Crippen LogP contribution is -1.99. The van der Waals surface area contributed by atoms with Gasteiger partial charge in [-0.15, -0.1) is 0 Å². The fourth-order valence-corrected chi connectivity index (χ4v) is 2.05. The molecule has 3 rings (SSSR count). The zero-order valence-corrected chi connectivity index (χ0v) is 10.3. The Morgan fingerprint density at radius 1 is 1.05 bits per heavy atom. The topological polar surface area (TPSA) is 69.4 Å². The van der Waals surface area contributed by atoms with Crippen LogP contribution < -0.4 is 4.74 Å². The summed E-state index contributed by atoms with van der Waals surface area (Å²) in [5, 5.41) is 10.9. The zero-order chi connectivity index (χ0) is 14.1. The molecular weight excluding hydrogens is 258 g/mol. The standard InChI is InChI=1S/C15H9NO4/c17-15-11-6-2-4-8-13(11)20-14(15)9-10-5-1-3-7-12(10)16(18)19/h1-9H. The molecule has 0 saturated carbocycles. The van der Waals surface area contributed by atoms with Gasteiger partial charge in [0.25, 0.3) is 5.69 Å². The van der Waals surface area contributed by atoms with Crippen LogP contribution in [0.3, 0.4) is 0 Å². The van der Waals surface area contributed by atoms with E-state index >= 15 is 0 Å². The number of allylic oxidation sites excluding steroid dienone is 1. The number of ketones is 1. The molecule has 2 aromatic carbocycles. The van der Waals surface area contributed by atoms with Gasteiger partial charge in [-0.3, -0.25) is 14.9 Å². The molecule has 5 nitrogen and oxygen atoms in total. The number of ether oxygens (including phenoxy) is 1. The maximum Gasteiger partial charge on any atom is 0.276 e. The highest BCUT2D eigenvalue weighted by molar-refractivity contribution is 6.14. The van der Waals surface area contributed by atoms with Crippen LogP contribution in [0.4, 0.5) is 5.69 Å². The minimum absolute atomic E-state index is 0.0626. The lowest BCUT2D eigenvalue weighted by Gasteiger charge is -1.99. The van der Waals surface area contributed by atoms with E-state index < -0.39 is 4.92 Å². The molecule has 0 aromatic heterocycles. The Morgan fingerprint density at radius 3 is 2.50 bits per heavy atom. The van der Waals surface area contributed by atoms with Gasteiger partial charge in [0.1, 0.15) is 5.75 Å². The van der Waals surface area contributed by atoms with Gasteiger partial charge in [-0.1, -0.05) is 24.3 Å². The first-order chi connectivity index (χ1) is 9.66. The van der Waals surface area contributed by atoms with Gasteiger partial charge in [-0.05, 0) is 24.3 Å². The molecule has 1 heterocycles. The second kappa shape index (κ2) is 4.62. The van der Waals surface area contributed by atoms with Gasteiger partial charge in [0.15, 0.2) is 5.76 Å². The number of nitro benzene ring substituents is 1. The Labute approximate surface area is 114 Å². The lowest BCUT2D eigenvalue weighted by atomic mass is 10.1. The Hall–Kier alpha value is -2.95. The number of hydrogen-bond acceptors (Lipinski definition) is 4. The van der Waals surface area contributed by atoms with Crippen LogP contribution in [0.25, 0.3) is 6.08 Å². The molecule has 0 unspecified atom stereocenters. The first-order valence-electron chi connectivity index (χ1n) is 5.93. The summed E-state index contributed by atoms with van der Waals surface area (Å²) in [7, 11) is 0. The summed E-state index contributed by atoms with van der Waals surface area (Å²) >= 11 is 0. The molecule has 98 valence electrons. The van der Waals surface area contributed by atoms with Crippen molar-refractivity contribution in [1.82, 2.24) is 0 Å². The number of Topliss-reactive ketones (excluding diaryl/α,β-unsaturated/α-hetero) is 1. The molecule has 0 spiro atoms. The molecule has 0 N–H and O–H groups in total. The van der Waals surface area contributed by atoms with Crippen molar-refractivity contribution in [2.24, 2.45) is 0 Å². The number of carbonyl (C=O) groups excluding carboxylic acids is 1. The third-order valence-corrected chi connectivity index (χ3v) is 3.00. The summed E-state index contributed by atoms with van der Waals surface area (Å²) in [5.74, 6) is 0.307. The third kappa shape index (κ3) is 1.95. The Morgan fingerprint density at radius 2 is 1.75 bits per heavy atom. The molecule has 0 bridgehead atoms. The predicted octanol–water partition coefficient (Wildman–Crippen LogP) is 3.21. The first kappa shape index (κ1) is 12.1. The number of fused-ring (bicyclic) bond motifs is 1. The predicted molar refractivity (Wildman–Crippen MR) is 72.5 cm³/mol.